The van der Waals surface area contributed by atoms with Crippen LogP contribution >= 0.6 is 23.2 Å². The van der Waals surface area contributed by atoms with Crippen molar-refractivity contribution in [2.24, 2.45) is 0 Å². The summed E-state index contributed by atoms with van der Waals surface area (Å²) >= 11 is 12.0. The molecule has 0 atom stereocenters. The maximum absolute atomic E-state index is 12.6. The number of rotatable bonds is 1. The Balaban J connectivity index is 2.42. The highest BCUT2D eigenvalue weighted by Gasteiger charge is 2.36. The normalized spacial score (nSPS) is 12.9. The lowest BCUT2D eigenvalue weighted by Gasteiger charge is -2.20. The Morgan fingerprint density at radius 2 is 1.43 bits per heavy atom. The molecule has 0 radical (unpaired) electrons. The van der Waals surface area contributed by atoms with Crippen molar-refractivity contribution in [3.63, 3.8) is 0 Å². The molecular weight excluding hydrogens is 315 g/mol. The number of hydrogen-bond acceptors (Lipinski definition) is 3. The summed E-state index contributed by atoms with van der Waals surface area (Å²) in [4.78, 5) is 36.4. The van der Waals surface area contributed by atoms with Gasteiger partial charge in [-0.2, -0.15) is 0 Å². The van der Waals surface area contributed by atoms with E-state index in [0.29, 0.717) is 0 Å². The van der Waals surface area contributed by atoms with Crippen molar-refractivity contribution in [2.45, 2.75) is 0 Å². The van der Waals surface area contributed by atoms with Crippen molar-refractivity contribution in [1.82, 2.24) is 0 Å². The number of carboxylic acid groups (broad SMARTS) is 1. The molecule has 0 spiro atoms. The van der Waals surface area contributed by atoms with E-state index in [2.05, 4.69) is 0 Å². The van der Waals surface area contributed by atoms with Crippen LogP contribution in [-0.4, -0.2) is 22.6 Å². The third-order valence-electron chi connectivity index (χ3n) is 3.32. The summed E-state index contributed by atoms with van der Waals surface area (Å²) in [5.41, 5.74) is -0.379. The maximum Gasteiger partial charge on any atom is 0.336 e. The average Bonchev–Trinajstić information content (AvgIpc) is 2.46. The van der Waals surface area contributed by atoms with Crippen LogP contribution in [0.2, 0.25) is 10.0 Å². The summed E-state index contributed by atoms with van der Waals surface area (Å²) < 4.78 is 0. The molecular formula is C15H6Cl2O4. The van der Waals surface area contributed by atoms with Crippen LogP contribution in [0, 0.1) is 0 Å². The molecule has 0 saturated carbocycles. The van der Waals surface area contributed by atoms with Crippen LogP contribution in [0.1, 0.15) is 42.2 Å². The van der Waals surface area contributed by atoms with E-state index >= 15 is 0 Å². The fourth-order valence-corrected chi connectivity index (χ4v) is 2.91. The fraction of sp³-hybridized carbons (Fsp3) is 0. The van der Waals surface area contributed by atoms with Gasteiger partial charge in [0, 0.05) is 11.1 Å². The summed E-state index contributed by atoms with van der Waals surface area (Å²) in [5, 5.41) is 9.37. The number of ketones is 2. The first-order valence-corrected chi connectivity index (χ1v) is 6.62. The van der Waals surface area contributed by atoms with Crippen LogP contribution in [0.3, 0.4) is 0 Å². The van der Waals surface area contributed by atoms with Crippen molar-refractivity contribution in [3.8, 4) is 0 Å². The van der Waals surface area contributed by atoms with Crippen molar-refractivity contribution in [2.75, 3.05) is 0 Å². The van der Waals surface area contributed by atoms with E-state index in [0.717, 1.165) is 0 Å². The van der Waals surface area contributed by atoms with Gasteiger partial charge in [-0.05, 0) is 18.2 Å². The number of carboxylic acids is 1. The Kier molecular flexibility index (Phi) is 3.08. The molecule has 0 fully saturated rings. The van der Waals surface area contributed by atoms with Gasteiger partial charge in [0.05, 0.1) is 26.7 Å². The molecule has 104 valence electrons. The van der Waals surface area contributed by atoms with Crippen molar-refractivity contribution < 1.29 is 19.5 Å². The lowest BCUT2D eigenvalue weighted by atomic mass is 9.81. The zero-order valence-corrected chi connectivity index (χ0v) is 11.8. The second-order valence-electron chi connectivity index (χ2n) is 4.47. The third kappa shape index (κ3) is 1.87. The minimum Gasteiger partial charge on any atom is -0.478 e. The molecule has 0 aromatic heterocycles. The second kappa shape index (κ2) is 4.69. The fourth-order valence-electron chi connectivity index (χ4n) is 2.42. The quantitative estimate of drug-likeness (QED) is 0.745. The van der Waals surface area contributed by atoms with Crippen molar-refractivity contribution in [1.29, 1.82) is 0 Å². The first kappa shape index (κ1) is 13.8. The molecule has 3 rings (SSSR count). The van der Waals surface area contributed by atoms with Gasteiger partial charge in [0.1, 0.15) is 0 Å². The molecule has 2 aromatic carbocycles. The molecule has 0 unspecified atom stereocenters. The Labute approximate surface area is 128 Å². The van der Waals surface area contributed by atoms with Crippen LogP contribution in [0.4, 0.5) is 0 Å². The summed E-state index contributed by atoms with van der Waals surface area (Å²) in [6.07, 6.45) is 0. The van der Waals surface area contributed by atoms with Gasteiger partial charge in [-0.1, -0.05) is 35.3 Å². The van der Waals surface area contributed by atoms with Crippen LogP contribution in [0.25, 0.3) is 0 Å². The molecule has 6 heteroatoms. The lowest BCUT2D eigenvalue weighted by molar-refractivity contribution is 0.0692. The van der Waals surface area contributed by atoms with Gasteiger partial charge in [0.15, 0.2) is 11.6 Å². The highest BCUT2D eigenvalue weighted by Crippen LogP contribution is 2.37. The second-order valence-corrected chi connectivity index (χ2v) is 5.29. The third-order valence-corrected chi connectivity index (χ3v) is 3.95. The predicted octanol–water partition coefficient (Wildman–Crippen LogP) is 3.47. The van der Waals surface area contributed by atoms with Crippen molar-refractivity contribution in [3.05, 3.63) is 68.2 Å². The molecule has 2 aromatic rings. The molecule has 0 amide bonds. The first-order valence-electron chi connectivity index (χ1n) is 5.87. The smallest absolute Gasteiger partial charge is 0.336 e. The Bertz CT molecular complexity index is 840. The minimum atomic E-state index is -1.28. The van der Waals surface area contributed by atoms with Gasteiger partial charge >= 0.3 is 5.97 Å². The molecule has 4 nitrogen and oxygen atoms in total. The van der Waals surface area contributed by atoms with Crippen molar-refractivity contribution >= 4 is 40.7 Å². The molecule has 0 bridgehead atoms. The Morgan fingerprint density at radius 1 is 0.857 bits per heavy atom. The molecule has 1 aliphatic rings. The number of aromatic carboxylic acids is 1. The molecule has 1 aliphatic carbocycles. The van der Waals surface area contributed by atoms with Gasteiger partial charge in [0.25, 0.3) is 0 Å². The average molecular weight is 321 g/mol. The van der Waals surface area contributed by atoms with Gasteiger partial charge in [-0.15, -0.1) is 0 Å². The van der Waals surface area contributed by atoms with E-state index in [1.54, 1.807) is 0 Å². The standard InChI is InChI=1S/C15H6Cl2O4/c16-8-4-5-9(17)12-11(8)13(18)6-2-1-3-7(15(20)21)10(6)14(12)19/h1-5H,(H,20,21). The Hall–Kier alpha value is -2.17. The van der Waals surface area contributed by atoms with E-state index in [1.807, 2.05) is 0 Å². The number of hydrogen-bond donors (Lipinski definition) is 1. The van der Waals surface area contributed by atoms with Gasteiger partial charge in [0.2, 0.25) is 0 Å². The molecule has 0 aliphatic heterocycles. The van der Waals surface area contributed by atoms with Crippen LogP contribution < -0.4 is 0 Å². The largest absolute Gasteiger partial charge is 0.478 e. The minimum absolute atomic E-state index is 0.0178. The van der Waals surface area contributed by atoms with Crippen LogP contribution in [-0.2, 0) is 0 Å². The topological polar surface area (TPSA) is 71.4 Å². The molecule has 21 heavy (non-hydrogen) atoms. The lowest BCUT2D eigenvalue weighted by Crippen LogP contribution is -2.24. The summed E-state index contributed by atoms with van der Waals surface area (Å²) in [5.74, 6) is -2.39. The maximum atomic E-state index is 12.6. The van der Waals surface area contributed by atoms with Crippen LogP contribution in [0.15, 0.2) is 30.3 Å². The Morgan fingerprint density at radius 3 is 2.00 bits per heavy atom. The van der Waals surface area contributed by atoms with E-state index in [1.165, 1.54) is 30.3 Å². The highest BCUT2D eigenvalue weighted by molar-refractivity contribution is 6.43. The summed E-state index contributed by atoms with van der Waals surface area (Å²) in [6, 6.07) is 6.93. The van der Waals surface area contributed by atoms with Gasteiger partial charge in [-0.25, -0.2) is 4.79 Å². The summed E-state index contributed by atoms with van der Waals surface area (Å²) in [6.45, 7) is 0. The zero-order valence-electron chi connectivity index (χ0n) is 10.3. The molecule has 0 saturated heterocycles. The van der Waals surface area contributed by atoms with E-state index in [-0.39, 0.29) is 37.9 Å². The summed E-state index contributed by atoms with van der Waals surface area (Å²) in [7, 11) is 0. The number of halogens is 2. The van der Waals surface area contributed by atoms with E-state index in [4.69, 9.17) is 23.2 Å². The molecule has 0 heterocycles. The van der Waals surface area contributed by atoms with Crippen LogP contribution in [0.5, 0.6) is 0 Å². The van der Waals surface area contributed by atoms with E-state index < -0.39 is 17.5 Å². The highest BCUT2D eigenvalue weighted by atomic mass is 35.5. The predicted molar refractivity (Wildman–Crippen MR) is 76.7 cm³/mol. The number of carbonyl (C=O) groups is 3. The van der Waals surface area contributed by atoms with E-state index in [9.17, 15) is 19.5 Å². The van der Waals surface area contributed by atoms with Gasteiger partial charge < -0.3 is 5.11 Å². The SMILES string of the molecule is O=C(O)c1cccc2c1C(=O)c1c(Cl)ccc(Cl)c1C2=O. The number of fused-ring (bicyclic) bond motifs is 2. The number of carbonyl (C=O) groups excluding carboxylic acids is 2. The van der Waals surface area contributed by atoms with Gasteiger partial charge in [-0.3, -0.25) is 9.59 Å². The first-order chi connectivity index (χ1) is 9.93. The monoisotopic (exact) mass is 320 g/mol. The molecule has 1 N–H and O–H groups in total. The number of benzene rings is 2. The zero-order chi connectivity index (χ0) is 15.3.